The fourth-order valence-electron chi connectivity index (χ4n) is 7.23. The lowest BCUT2D eigenvalue weighted by atomic mass is 9.99. The number of hydrogen-bond donors (Lipinski definition) is 1. The molecule has 0 spiro atoms. The SMILES string of the molecule is Cc1cc(N2CCOC[C@@H]2C(F)(F)F)cc(F)c1C(=O)N[C@@H](Cc1ccc(-n2c(=O)c3ccncc3n(C)c2=O)c2ncccc12)C(=O)OCC(=O)N1CCOCC1. The van der Waals surface area contributed by atoms with Gasteiger partial charge in [0.2, 0.25) is 0 Å². The standard InChI is InChI=1S/C39H37F4N7O8/c1-22-16-24(49-12-15-57-20-31(49)39(41,42)43)18-27(40)33(22)35(52)46-28(37(54)58-21-32(51)48-10-13-56-14-11-48)17-23-5-6-29(34-25(23)4-3-8-45-34)50-36(53)26-7-9-44-19-30(26)47(2)38(50)55/h3-9,16,18-19,28,31H,10-15,17,20-21H2,1-2H3,(H,46,52)/t28-,31+/m0/s1. The molecule has 5 aromatic rings. The summed E-state index contributed by atoms with van der Waals surface area (Å²) in [6.45, 7) is 1.01. The third-order valence-electron chi connectivity index (χ3n) is 10.2. The minimum Gasteiger partial charge on any atom is -0.454 e. The van der Waals surface area contributed by atoms with Crippen LogP contribution in [0.5, 0.6) is 0 Å². The second kappa shape index (κ2) is 16.3. The lowest BCUT2D eigenvalue weighted by molar-refractivity contribution is -0.167. The zero-order chi connectivity index (χ0) is 41.3. The van der Waals surface area contributed by atoms with Crippen LogP contribution in [0.3, 0.4) is 0 Å². The molecule has 2 amide bonds. The number of halogens is 4. The van der Waals surface area contributed by atoms with E-state index in [1.54, 1.807) is 12.1 Å². The Kier molecular flexibility index (Phi) is 11.3. The normalized spacial score (nSPS) is 16.7. The van der Waals surface area contributed by atoms with Gasteiger partial charge in [0.25, 0.3) is 17.4 Å². The molecule has 1 N–H and O–H groups in total. The van der Waals surface area contributed by atoms with Crippen molar-refractivity contribution in [1.29, 1.82) is 0 Å². The minimum atomic E-state index is -4.67. The Labute approximate surface area is 326 Å². The van der Waals surface area contributed by atoms with Gasteiger partial charge in [-0.25, -0.2) is 18.5 Å². The monoisotopic (exact) mass is 807 g/mol. The van der Waals surface area contributed by atoms with Gasteiger partial charge in [-0.1, -0.05) is 12.1 Å². The Bertz CT molecular complexity index is 2510. The molecule has 7 rings (SSSR count). The van der Waals surface area contributed by atoms with Crippen molar-refractivity contribution in [1.82, 2.24) is 29.3 Å². The number of morpholine rings is 2. The quantitative estimate of drug-likeness (QED) is 0.172. The molecule has 0 radical (unpaired) electrons. The van der Waals surface area contributed by atoms with Gasteiger partial charge in [-0.15, -0.1) is 0 Å². The molecule has 58 heavy (non-hydrogen) atoms. The highest BCUT2D eigenvalue weighted by Gasteiger charge is 2.46. The number of anilines is 1. The van der Waals surface area contributed by atoms with Crippen LogP contribution in [-0.2, 0) is 37.3 Å². The van der Waals surface area contributed by atoms with Gasteiger partial charge in [0, 0.05) is 56.6 Å². The summed E-state index contributed by atoms with van der Waals surface area (Å²) in [5, 5.41) is 3.12. The molecular weight excluding hydrogens is 770 g/mol. The second-order valence-corrected chi connectivity index (χ2v) is 13.8. The van der Waals surface area contributed by atoms with Crippen LogP contribution in [0.1, 0.15) is 21.5 Å². The molecule has 5 heterocycles. The summed E-state index contributed by atoms with van der Waals surface area (Å²) in [5.74, 6) is -3.75. The number of ether oxygens (including phenoxy) is 3. The van der Waals surface area contributed by atoms with E-state index < -0.39 is 71.9 Å². The lowest BCUT2D eigenvalue weighted by Crippen LogP contribution is -2.53. The molecule has 0 saturated carbocycles. The molecule has 3 aromatic heterocycles. The Hall–Kier alpha value is -6.21. The zero-order valence-corrected chi connectivity index (χ0v) is 31.3. The smallest absolute Gasteiger partial charge is 0.411 e. The Balaban J connectivity index is 1.23. The molecule has 2 aliphatic heterocycles. The van der Waals surface area contributed by atoms with Crippen molar-refractivity contribution in [3.8, 4) is 5.69 Å². The molecule has 304 valence electrons. The van der Waals surface area contributed by atoms with E-state index in [0.717, 1.165) is 15.5 Å². The number of alkyl halides is 3. The minimum absolute atomic E-state index is 0.00767. The van der Waals surface area contributed by atoms with Gasteiger partial charge in [-0.3, -0.25) is 28.9 Å². The predicted molar refractivity (Wildman–Crippen MR) is 200 cm³/mol. The first-order valence-electron chi connectivity index (χ1n) is 18.2. The van der Waals surface area contributed by atoms with Crippen LogP contribution in [-0.4, -0.2) is 113 Å². The number of nitrogens with zero attached hydrogens (tertiary/aromatic N) is 6. The van der Waals surface area contributed by atoms with Crippen LogP contribution in [0.2, 0.25) is 0 Å². The van der Waals surface area contributed by atoms with Crippen molar-refractivity contribution in [2.24, 2.45) is 7.05 Å². The van der Waals surface area contributed by atoms with Gasteiger partial charge in [-0.2, -0.15) is 13.2 Å². The molecule has 0 unspecified atom stereocenters. The average Bonchev–Trinajstić information content (AvgIpc) is 3.22. The number of pyridine rings is 2. The Morgan fingerprint density at radius 3 is 2.50 bits per heavy atom. The number of amides is 2. The maximum atomic E-state index is 15.8. The van der Waals surface area contributed by atoms with Crippen molar-refractivity contribution in [2.45, 2.75) is 31.6 Å². The number of carbonyl (C=O) groups is 3. The number of nitrogens with one attached hydrogen (secondary N) is 1. The molecule has 2 aliphatic rings. The summed E-state index contributed by atoms with van der Waals surface area (Å²) >= 11 is 0. The van der Waals surface area contributed by atoms with Crippen LogP contribution in [0.15, 0.2) is 70.6 Å². The summed E-state index contributed by atoms with van der Waals surface area (Å²) < 4.78 is 75.3. The third kappa shape index (κ3) is 7.86. The van der Waals surface area contributed by atoms with E-state index in [9.17, 15) is 37.1 Å². The number of hydrogen-bond acceptors (Lipinski definition) is 11. The van der Waals surface area contributed by atoms with Crippen molar-refractivity contribution >= 4 is 45.3 Å². The lowest BCUT2D eigenvalue weighted by Gasteiger charge is -2.38. The number of carbonyl (C=O) groups excluding carboxylic acids is 3. The fourth-order valence-corrected chi connectivity index (χ4v) is 7.23. The molecule has 0 aliphatic carbocycles. The second-order valence-electron chi connectivity index (χ2n) is 13.8. The van der Waals surface area contributed by atoms with Gasteiger partial charge in [0.05, 0.1) is 60.3 Å². The number of rotatable bonds is 9. The molecule has 19 heteroatoms. The van der Waals surface area contributed by atoms with E-state index in [1.165, 1.54) is 66.3 Å². The molecule has 2 atom stereocenters. The highest BCUT2D eigenvalue weighted by atomic mass is 19.4. The first-order valence-corrected chi connectivity index (χ1v) is 18.2. The summed E-state index contributed by atoms with van der Waals surface area (Å²) in [6, 6.07) is 6.22. The Morgan fingerprint density at radius 2 is 1.76 bits per heavy atom. The first-order chi connectivity index (χ1) is 27.7. The maximum Gasteiger partial charge on any atom is 0.411 e. The number of esters is 1. The van der Waals surface area contributed by atoms with E-state index in [2.05, 4.69) is 15.3 Å². The van der Waals surface area contributed by atoms with Crippen molar-refractivity contribution in [2.75, 3.05) is 57.6 Å². The molecular formula is C39H37F4N7O8. The third-order valence-corrected chi connectivity index (χ3v) is 10.2. The van der Waals surface area contributed by atoms with Crippen molar-refractivity contribution < 1.29 is 46.2 Å². The highest BCUT2D eigenvalue weighted by molar-refractivity contribution is 5.99. The van der Waals surface area contributed by atoms with Gasteiger partial charge >= 0.3 is 17.8 Å². The summed E-state index contributed by atoms with van der Waals surface area (Å²) in [7, 11) is 1.49. The Morgan fingerprint density at radius 1 is 1.00 bits per heavy atom. The first kappa shape index (κ1) is 40.0. The van der Waals surface area contributed by atoms with Crippen LogP contribution in [0.4, 0.5) is 23.2 Å². The molecule has 15 nitrogen and oxygen atoms in total. The van der Waals surface area contributed by atoms with E-state index in [4.69, 9.17) is 14.2 Å². The zero-order valence-electron chi connectivity index (χ0n) is 31.3. The van der Waals surface area contributed by atoms with Gasteiger partial charge in [-0.05, 0) is 48.4 Å². The van der Waals surface area contributed by atoms with Gasteiger partial charge < -0.3 is 29.3 Å². The predicted octanol–water partition coefficient (Wildman–Crippen LogP) is 2.59. The number of fused-ring (bicyclic) bond motifs is 2. The van der Waals surface area contributed by atoms with Crippen LogP contribution >= 0.6 is 0 Å². The average molecular weight is 808 g/mol. The van der Waals surface area contributed by atoms with E-state index >= 15 is 4.39 Å². The summed E-state index contributed by atoms with van der Waals surface area (Å²) in [6.07, 6.45) is -0.694. The van der Waals surface area contributed by atoms with E-state index in [1.807, 2.05) is 0 Å². The summed E-state index contributed by atoms with van der Waals surface area (Å²) in [4.78, 5) is 78.6. The van der Waals surface area contributed by atoms with Crippen LogP contribution in [0.25, 0.3) is 27.5 Å². The number of aryl methyl sites for hydroxylation is 2. The molecule has 2 aromatic carbocycles. The molecule has 2 fully saturated rings. The van der Waals surface area contributed by atoms with Crippen molar-refractivity contribution in [3.05, 3.63) is 104 Å². The maximum absolute atomic E-state index is 15.8. The molecule has 0 bridgehead atoms. The molecule has 2 saturated heterocycles. The topological polar surface area (TPSA) is 167 Å². The number of aromatic nitrogens is 4. The van der Waals surface area contributed by atoms with E-state index in [-0.39, 0.29) is 60.5 Å². The summed E-state index contributed by atoms with van der Waals surface area (Å²) in [5.41, 5.74) is -0.884. The van der Waals surface area contributed by atoms with E-state index in [0.29, 0.717) is 29.7 Å². The van der Waals surface area contributed by atoms with Crippen molar-refractivity contribution in [3.63, 3.8) is 0 Å². The van der Waals surface area contributed by atoms with Gasteiger partial charge in [0.15, 0.2) is 6.61 Å². The van der Waals surface area contributed by atoms with Gasteiger partial charge in [0.1, 0.15) is 17.9 Å². The van der Waals surface area contributed by atoms with Crippen LogP contribution in [0, 0.1) is 12.7 Å². The fraction of sp³-hybridized carbons (Fsp3) is 0.359. The van der Waals surface area contributed by atoms with Crippen LogP contribution < -0.4 is 21.5 Å². The number of benzene rings is 2. The largest absolute Gasteiger partial charge is 0.454 e. The highest BCUT2D eigenvalue weighted by Crippen LogP contribution is 2.33.